The van der Waals surface area contributed by atoms with E-state index in [4.69, 9.17) is 5.14 Å². The Bertz CT molecular complexity index is 623. The van der Waals surface area contributed by atoms with Gasteiger partial charge in [-0.25, -0.2) is 18.7 Å². The van der Waals surface area contributed by atoms with Crippen LogP contribution in [0.3, 0.4) is 0 Å². The van der Waals surface area contributed by atoms with Gasteiger partial charge >= 0.3 is 0 Å². The number of pyridine rings is 1. The Kier molecular flexibility index (Phi) is 2.74. The minimum absolute atomic E-state index is 0.163. The van der Waals surface area contributed by atoms with Crippen LogP contribution < -0.4 is 5.14 Å². The summed E-state index contributed by atoms with van der Waals surface area (Å²) in [4.78, 5) is 7.76. The first kappa shape index (κ1) is 11.2. The molecule has 9 heteroatoms. The Labute approximate surface area is 99.3 Å². The maximum Gasteiger partial charge on any atom is 0.273 e. The van der Waals surface area contributed by atoms with E-state index in [1.807, 2.05) is 0 Å². The number of hydrogen-bond donors (Lipinski definition) is 2. The van der Waals surface area contributed by atoms with Crippen LogP contribution in [0.4, 0.5) is 0 Å². The summed E-state index contributed by atoms with van der Waals surface area (Å²) in [6.45, 7) is 0. The van der Waals surface area contributed by atoms with E-state index in [9.17, 15) is 8.42 Å². The number of halogens is 1. The number of hydrogen-bond acceptors (Lipinski definition) is 5. The molecule has 0 spiro atoms. The van der Waals surface area contributed by atoms with Crippen molar-refractivity contribution in [1.29, 1.82) is 0 Å². The molecule has 7 nitrogen and oxygen atoms in total. The Morgan fingerprint density at radius 2 is 2.19 bits per heavy atom. The summed E-state index contributed by atoms with van der Waals surface area (Å²) in [5.41, 5.74) is 0.439. The minimum atomic E-state index is -3.88. The van der Waals surface area contributed by atoms with Crippen molar-refractivity contribution in [3.63, 3.8) is 0 Å². The van der Waals surface area contributed by atoms with Gasteiger partial charge in [-0.2, -0.15) is 10.1 Å². The zero-order valence-electron chi connectivity index (χ0n) is 7.75. The first-order chi connectivity index (χ1) is 7.48. The Morgan fingerprint density at radius 1 is 1.44 bits per heavy atom. The number of primary sulfonamides is 1. The predicted molar refractivity (Wildman–Crippen MR) is 58.7 cm³/mol. The van der Waals surface area contributed by atoms with Crippen LogP contribution in [0.2, 0.25) is 0 Å². The van der Waals surface area contributed by atoms with E-state index in [1.54, 1.807) is 18.3 Å². The molecule has 0 fully saturated rings. The van der Waals surface area contributed by atoms with Crippen molar-refractivity contribution in [3.8, 4) is 11.5 Å². The van der Waals surface area contributed by atoms with Crippen LogP contribution in [0.5, 0.6) is 0 Å². The molecule has 0 aromatic carbocycles. The molecule has 0 saturated carbocycles. The maximum atomic E-state index is 11.0. The summed E-state index contributed by atoms with van der Waals surface area (Å²) in [5.74, 6) is 0.163. The second-order valence-electron chi connectivity index (χ2n) is 2.84. The highest BCUT2D eigenvalue weighted by atomic mass is 79.9. The fourth-order valence-corrected chi connectivity index (χ4v) is 1.85. The Hall–Kier alpha value is -1.32. The van der Waals surface area contributed by atoms with Crippen LogP contribution in [-0.2, 0) is 10.0 Å². The van der Waals surface area contributed by atoms with E-state index in [1.165, 1.54) is 0 Å². The molecule has 0 radical (unpaired) electrons. The van der Waals surface area contributed by atoms with Gasteiger partial charge in [-0.3, -0.25) is 4.98 Å². The molecule has 0 atom stereocenters. The first-order valence-corrected chi connectivity index (χ1v) is 6.38. The molecule has 2 heterocycles. The van der Waals surface area contributed by atoms with E-state index in [-0.39, 0.29) is 11.0 Å². The smallest absolute Gasteiger partial charge is 0.252 e. The van der Waals surface area contributed by atoms with Gasteiger partial charge in [0, 0.05) is 10.7 Å². The monoisotopic (exact) mass is 303 g/mol. The molecule has 0 bridgehead atoms. The third kappa shape index (κ3) is 2.10. The predicted octanol–water partition coefficient (Wildman–Crippen LogP) is 0.277. The number of rotatable bonds is 2. The lowest BCUT2D eigenvalue weighted by Crippen LogP contribution is -2.13. The molecule has 0 aliphatic rings. The van der Waals surface area contributed by atoms with Crippen LogP contribution in [0.15, 0.2) is 28.0 Å². The van der Waals surface area contributed by atoms with Crippen LogP contribution in [-0.4, -0.2) is 28.6 Å². The molecule has 2 rings (SSSR count). The Balaban J connectivity index is 2.52. The zero-order valence-corrected chi connectivity index (χ0v) is 10.2. The fourth-order valence-electron chi connectivity index (χ4n) is 1.03. The van der Waals surface area contributed by atoms with Crippen molar-refractivity contribution in [1.82, 2.24) is 20.2 Å². The lowest BCUT2D eigenvalue weighted by Gasteiger charge is -1.95. The number of aromatic amines is 1. The number of nitrogens with one attached hydrogen (secondary N) is 1. The fraction of sp³-hybridized carbons (Fsp3) is 0. The van der Waals surface area contributed by atoms with E-state index < -0.39 is 10.0 Å². The summed E-state index contributed by atoms with van der Waals surface area (Å²) >= 11 is 3.26. The highest BCUT2D eigenvalue weighted by Crippen LogP contribution is 2.22. The molecule has 0 amide bonds. The van der Waals surface area contributed by atoms with Gasteiger partial charge in [0.2, 0.25) is 5.82 Å². The number of nitrogens with two attached hydrogens (primary N) is 1. The van der Waals surface area contributed by atoms with Gasteiger partial charge in [-0.05, 0) is 28.1 Å². The van der Waals surface area contributed by atoms with E-state index >= 15 is 0 Å². The highest BCUT2D eigenvalue weighted by molar-refractivity contribution is 9.10. The van der Waals surface area contributed by atoms with Crippen molar-refractivity contribution in [3.05, 3.63) is 22.8 Å². The van der Waals surface area contributed by atoms with Gasteiger partial charge in [0.25, 0.3) is 15.2 Å². The SMILES string of the molecule is NS(=O)(=O)c1nc(-c2ncccc2Br)n[nH]1. The summed E-state index contributed by atoms with van der Waals surface area (Å²) in [5, 5.41) is 10.5. The molecule has 0 aliphatic heterocycles. The van der Waals surface area contributed by atoms with Crippen molar-refractivity contribution in [2.24, 2.45) is 5.14 Å². The van der Waals surface area contributed by atoms with Gasteiger partial charge in [0.1, 0.15) is 5.69 Å². The van der Waals surface area contributed by atoms with Crippen LogP contribution >= 0.6 is 15.9 Å². The van der Waals surface area contributed by atoms with Crippen molar-refractivity contribution >= 4 is 26.0 Å². The normalized spacial score (nSPS) is 11.6. The summed E-state index contributed by atoms with van der Waals surface area (Å²) in [6, 6.07) is 3.47. The molecule has 0 saturated heterocycles. The number of aromatic nitrogens is 4. The molecular formula is C7H6BrN5O2S. The largest absolute Gasteiger partial charge is 0.273 e. The molecule has 16 heavy (non-hydrogen) atoms. The van der Waals surface area contributed by atoms with Gasteiger partial charge in [-0.1, -0.05) is 0 Å². The van der Waals surface area contributed by atoms with Crippen LogP contribution in [0.1, 0.15) is 0 Å². The molecule has 2 aromatic rings. The zero-order chi connectivity index (χ0) is 11.8. The average Bonchev–Trinajstić information content (AvgIpc) is 2.66. The van der Waals surface area contributed by atoms with Gasteiger partial charge in [0.05, 0.1) is 0 Å². The molecule has 3 N–H and O–H groups in total. The number of sulfonamides is 1. The van der Waals surface area contributed by atoms with Crippen LogP contribution in [0, 0.1) is 0 Å². The van der Waals surface area contributed by atoms with Crippen molar-refractivity contribution in [2.75, 3.05) is 0 Å². The summed E-state index contributed by atoms with van der Waals surface area (Å²) in [7, 11) is -3.88. The van der Waals surface area contributed by atoms with Crippen molar-refractivity contribution in [2.45, 2.75) is 5.16 Å². The van der Waals surface area contributed by atoms with E-state index in [2.05, 4.69) is 36.1 Å². The van der Waals surface area contributed by atoms with E-state index in [0.717, 1.165) is 0 Å². The van der Waals surface area contributed by atoms with Crippen LogP contribution in [0.25, 0.3) is 11.5 Å². The second-order valence-corrected chi connectivity index (χ2v) is 5.17. The van der Waals surface area contributed by atoms with Crippen molar-refractivity contribution < 1.29 is 8.42 Å². The summed E-state index contributed by atoms with van der Waals surface area (Å²) < 4.78 is 22.6. The van der Waals surface area contributed by atoms with E-state index in [0.29, 0.717) is 10.2 Å². The summed E-state index contributed by atoms with van der Waals surface area (Å²) in [6.07, 6.45) is 1.55. The minimum Gasteiger partial charge on any atom is -0.252 e. The third-order valence-electron chi connectivity index (χ3n) is 1.70. The van der Waals surface area contributed by atoms with Gasteiger partial charge < -0.3 is 0 Å². The standard InChI is InChI=1S/C7H6BrN5O2S/c8-4-2-1-3-10-5(4)6-11-7(13-12-6)16(9,14)15/h1-3H,(H2,9,14,15)(H,11,12,13). The average molecular weight is 304 g/mol. The lowest BCUT2D eigenvalue weighted by atomic mass is 10.3. The maximum absolute atomic E-state index is 11.0. The first-order valence-electron chi connectivity index (χ1n) is 4.04. The topological polar surface area (TPSA) is 115 Å². The molecule has 0 aliphatic carbocycles. The van der Waals surface area contributed by atoms with Gasteiger partial charge in [0.15, 0.2) is 0 Å². The quantitative estimate of drug-likeness (QED) is 0.826. The van der Waals surface area contributed by atoms with Gasteiger partial charge in [-0.15, -0.1) is 0 Å². The molecule has 0 unspecified atom stereocenters. The Morgan fingerprint density at radius 3 is 2.75 bits per heavy atom. The third-order valence-corrected chi connectivity index (χ3v) is 3.07. The molecule has 84 valence electrons. The second kappa shape index (κ2) is 3.92. The highest BCUT2D eigenvalue weighted by Gasteiger charge is 2.16. The number of H-pyrrole nitrogens is 1. The molecule has 2 aromatic heterocycles. The lowest BCUT2D eigenvalue weighted by molar-refractivity contribution is 0.589. The number of nitrogens with zero attached hydrogens (tertiary/aromatic N) is 3. The molecular weight excluding hydrogens is 298 g/mol.